The van der Waals surface area contributed by atoms with Crippen molar-refractivity contribution in [2.24, 2.45) is 5.92 Å². The number of amides is 1. The summed E-state index contributed by atoms with van der Waals surface area (Å²) in [6.07, 6.45) is 4.26. The maximum absolute atomic E-state index is 12.2. The summed E-state index contributed by atoms with van der Waals surface area (Å²) in [4.78, 5) is 20.4. The molecule has 1 unspecified atom stereocenters. The molecular weight excluding hydrogens is 308 g/mol. The van der Waals surface area contributed by atoms with Gasteiger partial charge in [-0.05, 0) is 24.5 Å². The molecule has 1 aromatic heterocycles. The minimum atomic E-state index is -0.195. The Morgan fingerprint density at radius 1 is 1.39 bits per heavy atom. The molecule has 0 aliphatic rings. The van der Waals surface area contributed by atoms with Gasteiger partial charge in [0.2, 0.25) is 5.91 Å². The molecule has 1 amide bonds. The van der Waals surface area contributed by atoms with E-state index in [1.54, 1.807) is 6.33 Å². The fourth-order valence-corrected chi connectivity index (χ4v) is 3.46. The van der Waals surface area contributed by atoms with Gasteiger partial charge in [-0.15, -0.1) is 11.8 Å². The zero-order valence-electron chi connectivity index (χ0n) is 13.2. The standard InChI is InChI=1S/C17H20N4OS/c1-12(2)9-16(17(22)20-8-7-18)23-14-5-3-13(4-6-14)15-10-19-11-21-15/h3-6,10-12,16H,8-9H2,1-2H3,(H,19,21)(H,20,22). The number of aromatic amines is 1. The van der Waals surface area contributed by atoms with Gasteiger partial charge in [0.15, 0.2) is 0 Å². The first kappa shape index (κ1) is 17.1. The summed E-state index contributed by atoms with van der Waals surface area (Å²) in [5, 5.41) is 11.1. The number of imidazole rings is 1. The van der Waals surface area contributed by atoms with Crippen molar-refractivity contribution in [2.45, 2.75) is 30.4 Å². The number of aromatic nitrogens is 2. The van der Waals surface area contributed by atoms with E-state index in [9.17, 15) is 4.79 Å². The van der Waals surface area contributed by atoms with Crippen LogP contribution in [-0.2, 0) is 4.79 Å². The van der Waals surface area contributed by atoms with E-state index in [-0.39, 0.29) is 17.7 Å². The Labute approximate surface area is 140 Å². The van der Waals surface area contributed by atoms with Crippen LogP contribution in [0, 0.1) is 17.2 Å². The van der Waals surface area contributed by atoms with Crippen molar-refractivity contribution < 1.29 is 4.79 Å². The van der Waals surface area contributed by atoms with Crippen LogP contribution in [0.15, 0.2) is 41.7 Å². The topological polar surface area (TPSA) is 81.6 Å². The molecule has 5 nitrogen and oxygen atoms in total. The first-order chi connectivity index (χ1) is 11.1. The van der Waals surface area contributed by atoms with E-state index >= 15 is 0 Å². The molecule has 2 N–H and O–H groups in total. The van der Waals surface area contributed by atoms with Crippen molar-refractivity contribution in [1.82, 2.24) is 15.3 Å². The number of benzene rings is 1. The molecule has 1 atom stereocenters. The van der Waals surface area contributed by atoms with Crippen molar-refractivity contribution in [3.63, 3.8) is 0 Å². The summed E-state index contributed by atoms with van der Waals surface area (Å²) >= 11 is 1.53. The van der Waals surface area contributed by atoms with Gasteiger partial charge in [0.25, 0.3) is 0 Å². The van der Waals surface area contributed by atoms with Gasteiger partial charge in [-0.2, -0.15) is 5.26 Å². The van der Waals surface area contributed by atoms with E-state index in [2.05, 4.69) is 29.1 Å². The zero-order chi connectivity index (χ0) is 16.7. The van der Waals surface area contributed by atoms with Crippen LogP contribution >= 0.6 is 11.8 Å². The average molecular weight is 328 g/mol. The SMILES string of the molecule is CC(C)CC(Sc1ccc(-c2c[nH]cn2)cc1)C(=O)NCC#N. The minimum absolute atomic E-state index is 0.0477. The van der Waals surface area contributed by atoms with E-state index in [0.29, 0.717) is 5.92 Å². The maximum Gasteiger partial charge on any atom is 0.234 e. The monoisotopic (exact) mass is 328 g/mol. The van der Waals surface area contributed by atoms with E-state index in [4.69, 9.17) is 5.26 Å². The average Bonchev–Trinajstić information content (AvgIpc) is 3.06. The first-order valence-electron chi connectivity index (χ1n) is 7.50. The van der Waals surface area contributed by atoms with E-state index < -0.39 is 0 Å². The molecule has 0 radical (unpaired) electrons. The smallest absolute Gasteiger partial charge is 0.234 e. The van der Waals surface area contributed by atoms with Gasteiger partial charge in [0.05, 0.1) is 23.3 Å². The van der Waals surface area contributed by atoms with Crippen LogP contribution in [0.25, 0.3) is 11.3 Å². The lowest BCUT2D eigenvalue weighted by Crippen LogP contribution is -2.33. The molecular formula is C17H20N4OS. The van der Waals surface area contributed by atoms with Gasteiger partial charge in [-0.25, -0.2) is 4.98 Å². The van der Waals surface area contributed by atoms with Gasteiger partial charge in [-0.1, -0.05) is 26.0 Å². The molecule has 1 heterocycles. The number of rotatable bonds is 7. The maximum atomic E-state index is 12.2. The highest BCUT2D eigenvalue weighted by Gasteiger charge is 2.20. The molecule has 0 aliphatic carbocycles. The third-order valence-electron chi connectivity index (χ3n) is 3.25. The Kier molecular flexibility index (Phi) is 6.24. The lowest BCUT2D eigenvalue weighted by atomic mass is 10.1. The summed E-state index contributed by atoms with van der Waals surface area (Å²) in [5.41, 5.74) is 1.93. The quantitative estimate of drug-likeness (QED) is 0.604. The molecule has 0 aliphatic heterocycles. The van der Waals surface area contributed by atoms with Crippen molar-refractivity contribution in [2.75, 3.05) is 6.54 Å². The predicted octanol–water partition coefficient (Wildman–Crippen LogP) is 3.22. The van der Waals surface area contributed by atoms with Crippen molar-refractivity contribution >= 4 is 17.7 Å². The highest BCUT2D eigenvalue weighted by Crippen LogP contribution is 2.29. The van der Waals surface area contributed by atoms with Crippen LogP contribution < -0.4 is 5.32 Å². The van der Waals surface area contributed by atoms with Gasteiger partial charge >= 0.3 is 0 Å². The summed E-state index contributed by atoms with van der Waals surface area (Å²) in [6, 6.07) is 9.94. The number of nitriles is 1. The number of hydrogen-bond acceptors (Lipinski definition) is 4. The van der Waals surface area contributed by atoms with Crippen LogP contribution in [0.3, 0.4) is 0 Å². The van der Waals surface area contributed by atoms with Crippen LogP contribution in [0.1, 0.15) is 20.3 Å². The van der Waals surface area contributed by atoms with E-state index in [1.165, 1.54) is 11.8 Å². The van der Waals surface area contributed by atoms with Crippen LogP contribution in [-0.4, -0.2) is 27.7 Å². The van der Waals surface area contributed by atoms with Gasteiger partial charge in [0, 0.05) is 16.7 Å². The Morgan fingerprint density at radius 2 is 2.13 bits per heavy atom. The van der Waals surface area contributed by atoms with Crippen LogP contribution in [0.4, 0.5) is 0 Å². The number of carbonyl (C=O) groups excluding carboxylic acids is 1. The molecule has 1 aromatic carbocycles. The van der Waals surface area contributed by atoms with Crippen LogP contribution in [0.5, 0.6) is 0 Å². The number of nitrogens with one attached hydrogen (secondary N) is 2. The fraction of sp³-hybridized carbons (Fsp3) is 0.353. The Morgan fingerprint density at radius 3 is 2.70 bits per heavy atom. The summed E-state index contributed by atoms with van der Waals surface area (Å²) in [5.74, 6) is 0.324. The first-order valence-corrected chi connectivity index (χ1v) is 8.38. The van der Waals surface area contributed by atoms with Crippen molar-refractivity contribution in [3.8, 4) is 17.3 Å². The second-order valence-electron chi connectivity index (χ2n) is 5.59. The molecule has 23 heavy (non-hydrogen) atoms. The number of hydrogen-bond donors (Lipinski definition) is 2. The van der Waals surface area contributed by atoms with Gasteiger partial charge < -0.3 is 10.3 Å². The lowest BCUT2D eigenvalue weighted by Gasteiger charge is -2.17. The third-order valence-corrected chi connectivity index (χ3v) is 4.48. The van der Waals surface area contributed by atoms with Crippen LogP contribution in [0.2, 0.25) is 0 Å². The normalized spacial score (nSPS) is 11.9. The number of H-pyrrole nitrogens is 1. The second-order valence-corrected chi connectivity index (χ2v) is 6.87. The molecule has 120 valence electrons. The molecule has 0 fully saturated rings. The molecule has 0 bridgehead atoms. The number of thioether (sulfide) groups is 1. The zero-order valence-corrected chi connectivity index (χ0v) is 14.1. The fourth-order valence-electron chi connectivity index (χ4n) is 2.16. The molecule has 6 heteroatoms. The summed E-state index contributed by atoms with van der Waals surface area (Å²) < 4.78 is 0. The summed E-state index contributed by atoms with van der Waals surface area (Å²) in [7, 11) is 0. The molecule has 0 saturated heterocycles. The summed E-state index contributed by atoms with van der Waals surface area (Å²) in [6.45, 7) is 4.23. The molecule has 0 saturated carbocycles. The molecule has 0 spiro atoms. The van der Waals surface area contributed by atoms with E-state index in [0.717, 1.165) is 22.6 Å². The lowest BCUT2D eigenvalue weighted by molar-refractivity contribution is -0.120. The second kappa shape index (κ2) is 8.39. The highest BCUT2D eigenvalue weighted by atomic mass is 32.2. The predicted molar refractivity (Wildman–Crippen MR) is 91.7 cm³/mol. The highest BCUT2D eigenvalue weighted by molar-refractivity contribution is 8.00. The van der Waals surface area contributed by atoms with Crippen molar-refractivity contribution in [1.29, 1.82) is 5.26 Å². The Hall–Kier alpha value is -2.26. The Bertz CT molecular complexity index is 659. The Balaban J connectivity index is 2.06. The minimum Gasteiger partial charge on any atom is -0.351 e. The number of carbonyl (C=O) groups is 1. The van der Waals surface area contributed by atoms with Crippen molar-refractivity contribution in [3.05, 3.63) is 36.8 Å². The van der Waals surface area contributed by atoms with Gasteiger partial charge in [-0.3, -0.25) is 4.79 Å². The van der Waals surface area contributed by atoms with E-state index in [1.807, 2.05) is 36.5 Å². The molecule has 2 rings (SSSR count). The molecule has 2 aromatic rings. The largest absolute Gasteiger partial charge is 0.351 e. The van der Waals surface area contributed by atoms with Gasteiger partial charge in [0.1, 0.15) is 6.54 Å². The third kappa shape index (κ3) is 5.15. The number of nitrogens with zero attached hydrogens (tertiary/aromatic N) is 2.